The van der Waals surface area contributed by atoms with Gasteiger partial charge in [-0.3, -0.25) is 0 Å². The standard InChI is InChI=1S/C23H34N2O2/c1-17(14-18-8-6-5-7-9-18)20-15-21(20)24-16-19-10-12-25(13-11-19)22(26)27-23(2,3)4/h5-9,14,19-21,24H,10-13,15-16H2,1-4H3/b17-14+. The summed E-state index contributed by atoms with van der Waals surface area (Å²) in [6.07, 6.45) is 5.50. The molecule has 1 N–H and O–H groups in total. The lowest BCUT2D eigenvalue weighted by molar-refractivity contribution is 0.0184. The van der Waals surface area contributed by atoms with E-state index in [2.05, 4.69) is 48.6 Å². The predicted octanol–water partition coefficient (Wildman–Crippen LogP) is 4.72. The first-order valence-corrected chi connectivity index (χ1v) is 10.3. The van der Waals surface area contributed by atoms with E-state index in [1.165, 1.54) is 17.6 Å². The summed E-state index contributed by atoms with van der Waals surface area (Å²) in [5.41, 5.74) is 2.34. The van der Waals surface area contributed by atoms with E-state index in [0.29, 0.717) is 17.9 Å². The molecule has 4 heteroatoms. The number of carbonyl (C=O) groups is 1. The van der Waals surface area contributed by atoms with E-state index in [0.717, 1.165) is 32.5 Å². The van der Waals surface area contributed by atoms with Gasteiger partial charge in [-0.25, -0.2) is 4.79 Å². The van der Waals surface area contributed by atoms with Gasteiger partial charge in [0.05, 0.1) is 0 Å². The van der Waals surface area contributed by atoms with Crippen LogP contribution in [0.3, 0.4) is 0 Å². The third-order valence-electron chi connectivity index (χ3n) is 5.50. The van der Waals surface area contributed by atoms with Gasteiger partial charge in [0.2, 0.25) is 0 Å². The van der Waals surface area contributed by atoms with Crippen molar-refractivity contribution in [2.24, 2.45) is 11.8 Å². The number of likely N-dealkylation sites (tertiary alicyclic amines) is 1. The molecular weight excluding hydrogens is 336 g/mol. The summed E-state index contributed by atoms with van der Waals surface area (Å²) < 4.78 is 5.47. The van der Waals surface area contributed by atoms with Crippen molar-refractivity contribution >= 4 is 12.2 Å². The Morgan fingerprint density at radius 2 is 1.89 bits per heavy atom. The minimum Gasteiger partial charge on any atom is -0.444 e. The van der Waals surface area contributed by atoms with Crippen molar-refractivity contribution in [3.63, 3.8) is 0 Å². The van der Waals surface area contributed by atoms with Crippen molar-refractivity contribution in [1.82, 2.24) is 10.2 Å². The highest BCUT2D eigenvalue weighted by molar-refractivity contribution is 5.68. The number of piperidine rings is 1. The molecule has 2 aliphatic rings. The van der Waals surface area contributed by atoms with Crippen molar-refractivity contribution in [3.8, 4) is 0 Å². The molecule has 148 valence electrons. The van der Waals surface area contributed by atoms with Crippen molar-refractivity contribution in [2.45, 2.75) is 58.6 Å². The third kappa shape index (κ3) is 6.10. The molecule has 1 amide bonds. The highest BCUT2D eigenvalue weighted by atomic mass is 16.6. The second-order valence-electron chi connectivity index (χ2n) is 9.07. The van der Waals surface area contributed by atoms with Crippen LogP contribution in [0.4, 0.5) is 4.79 Å². The maximum absolute atomic E-state index is 12.1. The minimum absolute atomic E-state index is 0.169. The van der Waals surface area contributed by atoms with Gasteiger partial charge in [-0.1, -0.05) is 42.0 Å². The Morgan fingerprint density at radius 3 is 2.52 bits per heavy atom. The number of nitrogens with zero attached hydrogens (tertiary/aromatic N) is 1. The summed E-state index contributed by atoms with van der Waals surface area (Å²) in [5, 5.41) is 3.75. The SMILES string of the molecule is C/C(=C\c1ccccc1)C1CC1NCC1CCN(C(=O)OC(C)(C)C)CC1. The summed E-state index contributed by atoms with van der Waals surface area (Å²) in [6, 6.07) is 11.2. The molecule has 0 bridgehead atoms. The van der Waals surface area contributed by atoms with Crippen molar-refractivity contribution in [3.05, 3.63) is 41.5 Å². The van der Waals surface area contributed by atoms with Crippen LogP contribution in [0.5, 0.6) is 0 Å². The number of rotatable bonds is 5. The van der Waals surface area contributed by atoms with E-state index < -0.39 is 5.60 Å². The summed E-state index contributed by atoms with van der Waals surface area (Å²) in [4.78, 5) is 14.0. The zero-order chi connectivity index (χ0) is 19.4. The zero-order valence-corrected chi connectivity index (χ0v) is 17.2. The third-order valence-corrected chi connectivity index (χ3v) is 5.50. The Bertz CT molecular complexity index is 655. The molecule has 1 aliphatic heterocycles. The molecule has 4 nitrogen and oxygen atoms in total. The van der Waals surface area contributed by atoms with Gasteiger partial charge in [0.1, 0.15) is 5.60 Å². The first-order chi connectivity index (χ1) is 12.8. The number of carbonyl (C=O) groups excluding carboxylic acids is 1. The topological polar surface area (TPSA) is 41.6 Å². The van der Waals surface area contributed by atoms with Crippen LogP contribution in [0, 0.1) is 11.8 Å². The number of nitrogens with one attached hydrogen (secondary N) is 1. The molecule has 1 aromatic rings. The quantitative estimate of drug-likeness (QED) is 0.816. The van der Waals surface area contributed by atoms with Crippen molar-refractivity contribution < 1.29 is 9.53 Å². The summed E-state index contributed by atoms with van der Waals surface area (Å²) in [5.74, 6) is 1.33. The van der Waals surface area contributed by atoms with Crippen LogP contribution < -0.4 is 5.32 Å². The van der Waals surface area contributed by atoms with E-state index in [4.69, 9.17) is 4.74 Å². The lowest BCUT2D eigenvalue weighted by Crippen LogP contribution is -2.43. The Hall–Kier alpha value is -1.81. The van der Waals surface area contributed by atoms with Crippen LogP contribution in [0.2, 0.25) is 0 Å². The second-order valence-corrected chi connectivity index (χ2v) is 9.07. The first-order valence-electron chi connectivity index (χ1n) is 10.3. The van der Waals surface area contributed by atoms with E-state index in [-0.39, 0.29) is 6.09 Å². The molecule has 0 radical (unpaired) electrons. The lowest BCUT2D eigenvalue weighted by atomic mass is 9.97. The average Bonchev–Trinajstić information content (AvgIpc) is 3.40. The van der Waals surface area contributed by atoms with Gasteiger partial charge >= 0.3 is 6.09 Å². The smallest absolute Gasteiger partial charge is 0.410 e. The van der Waals surface area contributed by atoms with Gasteiger partial charge in [-0.15, -0.1) is 0 Å². The molecule has 1 saturated heterocycles. The zero-order valence-electron chi connectivity index (χ0n) is 17.2. The molecule has 0 spiro atoms. The normalized spacial score (nSPS) is 24.0. The number of hydrogen-bond donors (Lipinski definition) is 1. The second kappa shape index (κ2) is 8.47. The van der Waals surface area contributed by atoms with Gasteiger partial charge in [0.25, 0.3) is 0 Å². The molecule has 1 saturated carbocycles. The number of benzene rings is 1. The maximum Gasteiger partial charge on any atom is 0.410 e. The molecule has 2 fully saturated rings. The summed E-state index contributed by atoms with van der Waals surface area (Å²) in [6.45, 7) is 10.7. The molecule has 27 heavy (non-hydrogen) atoms. The largest absolute Gasteiger partial charge is 0.444 e. The summed E-state index contributed by atoms with van der Waals surface area (Å²) >= 11 is 0. The predicted molar refractivity (Wildman–Crippen MR) is 111 cm³/mol. The van der Waals surface area contributed by atoms with Gasteiger partial charge in [0, 0.05) is 19.1 Å². The Labute approximate surface area is 164 Å². The first kappa shape index (κ1) is 19.9. The molecular formula is C23H34N2O2. The molecule has 0 aromatic heterocycles. The molecule has 2 atom stereocenters. The molecule has 1 heterocycles. The Kier molecular flexibility index (Phi) is 6.25. The monoisotopic (exact) mass is 370 g/mol. The van der Waals surface area contributed by atoms with Crippen LogP contribution in [0.1, 0.15) is 52.5 Å². The van der Waals surface area contributed by atoms with Gasteiger partial charge in [-0.2, -0.15) is 0 Å². The van der Waals surface area contributed by atoms with Crippen molar-refractivity contribution in [1.29, 1.82) is 0 Å². The fourth-order valence-electron chi connectivity index (χ4n) is 3.81. The van der Waals surface area contributed by atoms with Gasteiger partial charge in [-0.05, 0) is 70.9 Å². The van der Waals surface area contributed by atoms with Crippen LogP contribution in [-0.4, -0.2) is 42.3 Å². The fraction of sp³-hybridized carbons (Fsp3) is 0.609. The van der Waals surface area contributed by atoms with E-state index in [1.54, 1.807) is 0 Å². The highest BCUT2D eigenvalue weighted by Gasteiger charge is 2.38. The molecule has 3 rings (SSSR count). The maximum atomic E-state index is 12.1. The van der Waals surface area contributed by atoms with Crippen LogP contribution >= 0.6 is 0 Å². The highest BCUT2D eigenvalue weighted by Crippen LogP contribution is 2.38. The van der Waals surface area contributed by atoms with E-state index in [1.807, 2.05) is 25.7 Å². The Morgan fingerprint density at radius 1 is 1.22 bits per heavy atom. The summed E-state index contributed by atoms with van der Waals surface area (Å²) in [7, 11) is 0. The molecule has 1 aliphatic carbocycles. The van der Waals surface area contributed by atoms with E-state index in [9.17, 15) is 4.79 Å². The van der Waals surface area contributed by atoms with Crippen LogP contribution in [-0.2, 0) is 4.74 Å². The van der Waals surface area contributed by atoms with Crippen molar-refractivity contribution in [2.75, 3.05) is 19.6 Å². The number of hydrogen-bond acceptors (Lipinski definition) is 3. The number of amides is 1. The Balaban J connectivity index is 1.37. The van der Waals surface area contributed by atoms with Crippen LogP contribution in [0.25, 0.3) is 6.08 Å². The van der Waals surface area contributed by atoms with Crippen LogP contribution in [0.15, 0.2) is 35.9 Å². The minimum atomic E-state index is -0.415. The lowest BCUT2D eigenvalue weighted by Gasteiger charge is -2.33. The average molecular weight is 371 g/mol. The fourth-order valence-corrected chi connectivity index (χ4v) is 3.81. The number of ether oxygens (including phenoxy) is 1. The van der Waals surface area contributed by atoms with Gasteiger partial charge in [0.15, 0.2) is 0 Å². The molecule has 2 unspecified atom stereocenters. The molecule has 1 aromatic carbocycles. The van der Waals surface area contributed by atoms with E-state index >= 15 is 0 Å². The van der Waals surface area contributed by atoms with Gasteiger partial charge < -0.3 is 15.0 Å².